The smallest absolute Gasteiger partial charge is 0.358 e. The summed E-state index contributed by atoms with van der Waals surface area (Å²) in [7, 11) is 0. The van der Waals surface area contributed by atoms with Gasteiger partial charge in [0.1, 0.15) is 0 Å². The highest BCUT2D eigenvalue weighted by Crippen LogP contribution is 2.26. The Morgan fingerprint density at radius 2 is 2.25 bits per heavy atom. The third-order valence-corrected chi connectivity index (χ3v) is 6.25. The van der Waals surface area contributed by atoms with E-state index in [1.165, 1.54) is 10.9 Å². The summed E-state index contributed by atoms with van der Waals surface area (Å²) in [6, 6.07) is 7.07. The molecule has 3 rings (SSSR count). The number of carbonyl (C=O) groups is 2. The van der Waals surface area contributed by atoms with Gasteiger partial charge in [0.15, 0.2) is 5.69 Å². The van der Waals surface area contributed by atoms with Crippen LogP contribution in [0.5, 0.6) is 0 Å². The van der Waals surface area contributed by atoms with E-state index < -0.39 is 5.97 Å². The molecule has 2 heterocycles. The van der Waals surface area contributed by atoms with Crippen LogP contribution in [-0.4, -0.2) is 54.5 Å². The molecular formula is C15H16N4O3S2. The number of nitrogens with zero attached hydrogens (tertiary/aromatic N) is 3. The van der Waals surface area contributed by atoms with Crippen LogP contribution in [0.3, 0.4) is 0 Å². The molecule has 1 aliphatic rings. The minimum atomic E-state index is -1.13. The van der Waals surface area contributed by atoms with Crippen LogP contribution in [-0.2, 0) is 4.79 Å². The van der Waals surface area contributed by atoms with Gasteiger partial charge in [0.25, 0.3) is 0 Å². The molecule has 9 heteroatoms. The Bertz CT molecular complexity index is 744. The maximum Gasteiger partial charge on any atom is 0.358 e. The fraction of sp³-hybridized carbons (Fsp3) is 0.333. The summed E-state index contributed by atoms with van der Waals surface area (Å²) in [6.07, 6.45) is 1.83. The topological polar surface area (TPSA) is 97.1 Å². The lowest BCUT2D eigenvalue weighted by Gasteiger charge is -2.20. The van der Waals surface area contributed by atoms with Gasteiger partial charge in [-0.05, 0) is 18.2 Å². The first kappa shape index (κ1) is 16.8. The number of aromatic carboxylic acids is 1. The molecule has 1 fully saturated rings. The van der Waals surface area contributed by atoms with Crippen LogP contribution in [0.2, 0.25) is 0 Å². The molecule has 1 amide bonds. The molecule has 1 unspecified atom stereocenters. The van der Waals surface area contributed by atoms with E-state index in [2.05, 4.69) is 15.6 Å². The fourth-order valence-electron chi connectivity index (χ4n) is 2.29. The van der Waals surface area contributed by atoms with Gasteiger partial charge in [-0.25, -0.2) is 9.48 Å². The summed E-state index contributed by atoms with van der Waals surface area (Å²) in [5.41, 5.74) is 1.16. The van der Waals surface area contributed by atoms with Gasteiger partial charge in [0, 0.05) is 34.6 Å². The zero-order chi connectivity index (χ0) is 16.9. The number of carboxylic acids is 1. The molecule has 1 aromatic heterocycles. The van der Waals surface area contributed by atoms with Gasteiger partial charge in [0.05, 0.1) is 11.9 Å². The van der Waals surface area contributed by atoms with E-state index in [-0.39, 0.29) is 11.6 Å². The number of thioether (sulfide) groups is 2. The number of carbonyl (C=O) groups excluding carboxylic acids is 1. The van der Waals surface area contributed by atoms with Crippen molar-refractivity contribution in [2.75, 3.05) is 22.6 Å². The predicted molar refractivity (Wildman–Crippen MR) is 95.1 cm³/mol. The maximum atomic E-state index is 12.2. The van der Waals surface area contributed by atoms with Gasteiger partial charge in [-0.3, -0.25) is 4.79 Å². The van der Waals surface area contributed by atoms with Crippen molar-refractivity contribution in [2.45, 2.75) is 11.7 Å². The third-order valence-electron chi connectivity index (χ3n) is 3.40. The molecule has 0 radical (unpaired) electrons. The minimum absolute atomic E-state index is 0.0167. The molecule has 126 valence electrons. The Kier molecular flexibility index (Phi) is 5.41. The van der Waals surface area contributed by atoms with Crippen LogP contribution in [0.15, 0.2) is 30.5 Å². The molecule has 1 aromatic carbocycles. The number of aromatic nitrogens is 3. The number of anilines is 1. The van der Waals surface area contributed by atoms with Crippen LogP contribution in [0.1, 0.15) is 16.9 Å². The number of benzene rings is 1. The second-order valence-corrected chi connectivity index (χ2v) is 7.78. The predicted octanol–water partition coefficient (Wildman–Crippen LogP) is 2.14. The lowest BCUT2D eigenvalue weighted by molar-refractivity contribution is -0.116. The fourth-order valence-corrected chi connectivity index (χ4v) is 4.97. The SMILES string of the molecule is O=C(CC1CSCCS1)Nc1cccc(-n2cc(C(=O)O)nn2)c1. The molecule has 0 bridgehead atoms. The van der Waals surface area contributed by atoms with Crippen LogP contribution < -0.4 is 5.32 Å². The first-order valence-corrected chi connectivity index (χ1v) is 9.57. The van der Waals surface area contributed by atoms with Crippen LogP contribution in [0.4, 0.5) is 5.69 Å². The Morgan fingerprint density at radius 1 is 1.38 bits per heavy atom. The lowest BCUT2D eigenvalue weighted by atomic mass is 10.2. The Hall–Kier alpha value is -2.00. The number of rotatable bonds is 5. The highest BCUT2D eigenvalue weighted by Gasteiger charge is 2.18. The van der Waals surface area contributed by atoms with E-state index in [1.54, 1.807) is 24.3 Å². The number of hydrogen-bond donors (Lipinski definition) is 2. The van der Waals surface area contributed by atoms with Crippen molar-refractivity contribution in [2.24, 2.45) is 0 Å². The molecule has 1 saturated heterocycles. The van der Waals surface area contributed by atoms with E-state index in [4.69, 9.17) is 5.11 Å². The van der Waals surface area contributed by atoms with Gasteiger partial charge in [-0.2, -0.15) is 23.5 Å². The molecule has 0 aliphatic carbocycles. The normalized spacial score (nSPS) is 17.4. The molecule has 2 N–H and O–H groups in total. The van der Waals surface area contributed by atoms with Gasteiger partial charge in [-0.15, -0.1) is 5.10 Å². The monoisotopic (exact) mass is 364 g/mol. The van der Waals surface area contributed by atoms with Crippen LogP contribution in [0.25, 0.3) is 5.69 Å². The summed E-state index contributed by atoms with van der Waals surface area (Å²) in [6.45, 7) is 0. The van der Waals surface area contributed by atoms with Gasteiger partial charge in [0.2, 0.25) is 5.91 Å². The standard InChI is InChI=1S/C15H16N4O3S2/c20-14(7-12-9-23-4-5-24-12)16-10-2-1-3-11(6-10)19-8-13(15(21)22)17-18-19/h1-3,6,8,12H,4-5,7,9H2,(H,16,20)(H,21,22). The zero-order valence-corrected chi connectivity index (χ0v) is 14.3. The van der Waals surface area contributed by atoms with Crippen molar-refractivity contribution in [3.8, 4) is 5.69 Å². The van der Waals surface area contributed by atoms with Crippen LogP contribution >= 0.6 is 23.5 Å². The van der Waals surface area contributed by atoms with Gasteiger partial charge >= 0.3 is 5.97 Å². The van der Waals surface area contributed by atoms with Crippen molar-refractivity contribution in [1.29, 1.82) is 0 Å². The second kappa shape index (κ2) is 7.71. The number of carboxylic acid groups (broad SMARTS) is 1. The van der Waals surface area contributed by atoms with Crippen molar-refractivity contribution in [1.82, 2.24) is 15.0 Å². The molecule has 24 heavy (non-hydrogen) atoms. The molecule has 0 spiro atoms. The lowest BCUT2D eigenvalue weighted by Crippen LogP contribution is -2.22. The molecule has 1 aliphatic heterocycles. The molecule has 0 saturated carbocycles. The summed E-state index contributed by atoms with van der Waals surface area (Å²) in [5.74, 6) is 2.11. The maximum absolute atomic E-state index is 12.2. The van der Waals surface area contributed by atoms with Crippen molar-refractivity contribution in [3.63, 3.8) is 0 Å². The average molecular weight is 364 g/mol. The highest BCUT2D eigenvalue weighted by atomic mass is 32.2. The minimum Gasteiger partial charge on any atom is -0.476 e. The van der Waals surface area contributed by atoms with Gasteiger partial charge in [-0.1, -0.05) is 11.3 Å². The first-order chi connectivity index (χ1) is 11.6. The van der Waals surface area contributed by atoms with E-state index in [0.717, 1.165) is 17.3 Å². The first-order valence-electron chi connectivity index (χ1n) is 7.37. The quantitative estimate of drug-likeness (QED) is 0.839. The van der Waals surface area contributed by atoms with Crippen molar-refractivity contribution >= 4 is 41.1 Å². The Labute approximate surface area is 147 Å². The highest BCUT2D eigenvalue weighted by molar-refractivity contribution is 8.06. The molecular weight excluding hydrogens is 348 g/mol. The number of nitrogens with one attached hydrogen (secondary N) is 1. The van der Waals surface area contributed by atoms with E-state index in [9.17, 15) is 9.59 Å². The summed E-state index contributed by atoms with van der Waals surface area (Å²) in [5, 5.41) is 19.5. The molecule has 7 nitrogen and oxygen atoms in total. The molecule has 1 atom stereocenters. The van der Waals surface area contributed by atoms with E-state index >= 15 is 0 Å². The second-order valence-electron chi connectivity index (χ2n) is 5.22. The van der Waals surface area contributed by atoms with Crippen molar-refractivity contribution in [3.05, 3.63) is 36.2 Å². The van der Waals surface area contributed by atoms with Crippen molar-refractivity contribution < 1.29 is 14.7 Å². The Morgan fingerprint density at radius 3 is 2.96 bits per heavy atom. The average Bonchev–Trinajstić information content (AvgIpc) is 3.06. The third kappa shape index (κ3) is 4.30. The Balaban J connectivity index is 1.66. The summed E-state index contributed by atoms with van der Waals surface area (Å²) in [4.78, 5) is 23.0. The largest absolute Gasteiger partial charge is 0.476 e. The zero-order valence-electron chi connectivity index (χ0n) is 12.7. The van der Waals surface area contributed by atoms with E-state index in [0.29, 0.717) is 23.0 Å². The molecule has 2 aromatic rings. The van der Waals surface area contributed by atoms with Crippen LogP contribution in [0, 0.1) is 0 Å². The van der Waals surface area contributed by atoms with Gasteiger partial charge < -0.3 is 10.4 Å². The number of hydrogen-bond acceptors (Lipinski definition) is 6. The number of amides is 1. The summed E-state index contributed by atoms with van der Waals surface area (Å²) < 4.78 is 1.37. The summed E-state index contributed by atoms with van der Waals surface area (Å²) >= 11 is 3.74. The van der Waals surface area contributed by atoms with E-state index in [1.807, 2.05) is 23.5 Å².